The number of thiazole rings is 1. The molecule has 4 nitrogen and oxygen atoms in total. The van der Waals surface area contributed by atoms with Crippen LogP contribution in [-0.2, 0) is 11.2 Å². The molecule has 0 amide bonds. The van der Waals surface area contributed by atoms with Crippen LogP contribution >= 0.6 is 23.1 Å². The van der Waals surface area contributed by atoms with E-state index in [0.29, 0.717) is 11.7 Å². The predicted octanol–water partition coefficient (Wildman–Crippen LogP) is 4.13. The van der Waals surface area contributed by atoms with Gasteiger partial charge in [0.15, 0.2) is 5.82 Å². The van der Waals surface area contributed by atoms with Gasteiger partial charge in [-0.1, -0.05) is 25.9 Å². The minimum absolute atomic E-state index is 0.120. The van der Waals surface area contributed by atoms with Gasteiger partial charge in [-0.25, -0.2) is 4.98 Å². The molecule has 1 unspecified atom stereocenters. The minimum Gasteiger partial charge on any atom is -0.338 e. The van der Waals surface area contributed by atoms with Gasteiger partial charge in [-0.05, 0) is 13.8 Å². The van der Waals surface area contributed by atoms with Crippen LogP contribution in [0.1, 0.15) is 55.4 Å². The Labute approximate surface area is 122 Å². The molecule has 0 spiro atoms. The second-order valence-corrected chi connectivity index (χ2v) is 7.78. The first kappa shape index (κ1) is 14.5. The van der Waals surface area contributed by atoms with Crippen molar-refractivity contribution in [3.05, 3.63) is 27.8 Å². The number of rotatable bonds is 4. The Balaban J connectivity index is 1.94. The maximum Gasteiger partial charge on any atom is 0.239 e. The fourth-order valence-electron chi connectivity index (χ4n) is 1.47. The first-order valence-electron chi connectivity index (χ1n) is 6.23. The average Bonchev–Trinajstić information content (AvgIpc) is 2.93. The van der Waals surface area contributed by atoms with E-state index in [1.54, 1.807) is 23.1 Å². The van der Waals surface area contributed by atoms with Crippen molar-refractivity contribution < 1.29 is 4.52 Å². The molecule has 19 heavy (non-hydrogen) atoms. The summed E-state index contributed by atoms with van der Waals surface area (Å²) in [5, 5.41) is 7.32. The van der Waals surface area contributed by atoms with E-state index in [4.69, 9.17) is 4.52 Å². The van der Waals surface area contributed by atoms with Gasteiger partial charge in [0.05, 0.1) is 10.9 Å². The van der Waals surface area contributed by atoms with Crippen molar-refractivity contribution >= 4 is 23.1 Å². The number of aromatic nitrogens is 3. The number of nitrogens with zero attached hydrogens (tertiary/aromatic N) is 3. The van der Waals surface area contributed by atoms with Crippen molar-refractivity contribution in [1.82, 2.24) is 15.1 Å². The van der Waals surface area contributed by atoms with Crippen LogP contribution in [0.4, 0.5) is 0 Å². The summed E-state index contributed by atoms with van der Waals surface area (Å²) in [5.41, 5.74) is 1.28. The van der Waals surface area contributed by atoms with Crippen molar-refractivity contribution in [3.8, 4) is 0 Å². The van der Waals surface area contributed by atoms with E-state index in [9.17, 15) is 0 Å². The van der Waals surface area contributed by atoms with Crippen LogP contribution in [-0.4, -0.2) is 15.1 Å². The fourth-order valence-corrected chi connectivity index (χ4v) is 3.44. The Kier molecular flexibility index (Phi) is 4.30. The third-order valence-corrected chi connectivity index (χ3v) is 4.84. The maximum absolute atomic E-state index is 5.18. The summed E-state index contributed by atoms with van der Waals surface area (Å²) >= 11 is 3.49. The molecule has 0 saturated carbocycles. The molecule has 0 radical (unpaired) electrons. The summed E-state index contributed by atoms with van der Waals surface area (Å²) in [6.45, 7) is 10.5. The molecule has 0 aromatic carbocycles. The van der Waals surface area contributed by atoms with Crippen molar-refractivity contribution in [1.29, 1.82) is 0 Å². The Morgan fingerprint density at radius 2 is 2.11 bits per heavy atom. The topological polar surface area (TPSA) is 51.8 Å². The first-order valence-corrected chi connectivity index (χ1v) is 8.16. The molecule has 0 N–H and O–H groups in total. The molecule has 2 rings (SSSR count). The summed E-state index contributed by atoms with van der Waals surface area (Å²) in [7, 11) is 0. The standard InChI is InChI=1S/C13H19N3OS2/c1-8(12-14-9(2)16-17-12)18-7-11-15-10(6-19-11)13(3,4)5/h6,8H,7H2,1-5H3. The predicted molar refractivity (Wildman–Crippen MR) is 79.6 cm³/mol. The number of hydrogen-bond acceptors (Lipinski definition) is 6. The Hall–Kier alpha value is -0.880. The van der Waals surface area contributed by atoms with Gasteiger partial charge in [0.2, 0.25) is 5.89 Å². The van der Waals surface area contributed by atoms with Gasteiger partial charge in [-0.3, -0.25) is 0 Å². The van der Waals surface area contributed by atoms with Crippen LogP contribution < -0.4 is 0 Å². The largest absolute Gasteiger partial charge is 0.338 e. The van der Waals surface area contributed by atoms with E-state index in [0.717, 1.165) is 16.5 Å². The lowest BCUT2D eigenvalue weighted by Crippen LogP contribution is -2.11. The molecule has 2 heterocycles. The third kappa shape index (κ3) is 3.79. The van der Waals surface area contributed by atoms with Crippen LogP contribution in [0.3, 0.4) is 0 Å². The highest BCUT2D eigenvalue weighted by atomic mass is 32.2. The minimum atomic E-state index is 0.120. The highest BCUT2D eigenvalue weighted by Gasteiger charge is 2.18. The van der Waals surface area contributed by atoms with E-state index in [1.165, 1.54) is 0 Å². The number of hydrogen-bond donors (Lipinski definition) is 0. The van der Waals surface area contributed by atoms with Crippen LogP contribution in [0.25, 0.3) is 0 Å². The van der Waals surface area contributed by atoms with E-state index in [-0.39, 0.29) is 10.7 Å². The van der Waals surface area contributed by atoms with Gasteiger partial charge in [0.25, 0.3) is 0 Å². The first-order chi connectivity index (χ1) is 8.86. The average molecular weight is 297 g/mol. The zero-order valence-corrected chi connectivity index (χ0v) is 13.6. The molecule has 0 bridgehead atoms. The van der Waals surface area contributed by atoms with Crippen molar-refractivity contribution in [2.75, 3.05) is 0 Å². The van der Waals surface area contributed by atoms with Gasteiger partial charge < -0.3 is 4.52 Å². The van der Waals surface area contributed by atoms with Gasteiger partial charge >= 0.3 is 0 Å². The lowest BCUT2D eigenvalue weighted by Gasteiger charge is -2.14. The van der Waals surface area contributed by atoms with E-state index in [1.807, 2.05) is 6.92 Å². The summed E-state index contributed by atoms with van der Waals surface area (Å²) in [6.07, 6.45) is 0. The van der Waals surface area contributed by atoms with Gasteiger partial charge in [0, 0.05) is 16.5 Å². The zero-order valence-electron chi connectivity index (χ0n) is 11.9. The van der Waals surface area contributed by atoms with E-state index in [2.05, 4.69) is 48.2 Å². The molecular formula is C13H19N3OS2. The summed E-state index contributed by atoms with van der Waals surface area (Å²) in [5.74, 6) is 2.25. The quantitative estimate of drug-likeness (QED) is 0.849. The highest BCUT2D eigenvalue weighted by molar-refractivity contribution is 7.98. The summed E-state index contributed by atoms with van der Waals surface area (Å²) < 4.78 is 5.18. The molecule has 6 heteroatoms. The van der Waals surface area contributed by atoms with Crippen LogP contribution in [0, 0.1) is 6.92 Å². The zero-order chi connectivity index (χ0) is 14.0. The monoisotopic (exact) mass is 297 g/mol. The van der Waals surface area contributed by atoms with Crippen LogP contribution in [0.2, 0.25) is 0 Å². The molecule has 0 aliphatic heterocycles. The van der Waals surface area contributed by atoms with Gasteiger partial charge in [-0.15, -0.1) is 23.1 Å². The molecule has 104 valence electrons. The molecule has 1 atom stereocenters. The second-order valence-electron chi connectivity index (χ2n) is 5.51. The second kappa shape index (κ2) is 5.63. The van der Waals surface area contributed by atoms with Crippen molar-refractivity contribution in [3.63, 3.8) is 0 Å². The molecule has 0 saturated heterocycles. The smallest absolute Gasteiger partial charge is 0.239 e. The fraction of sp³-hybridized carbons (Fsp3) is 0.615. The van der Waals surface area contributed by atoms with Gasteiger partial charge in [0.1, 0.15) is 5.01 Å². The SMILES string of the molecule is Cc1noc(C(C)SCc2nc(C(C)(C)C)cs2)n1. The molecule has 0 aliphatic carbocycles. The Bertz CT molecular complexity index is 542. The number of thioether (sulfide) groups is 1. The lowest BCUT2D eigenvalue weighted by atomic mass is 9.93. The molecule has 2 aromatic rings. The number of aryl methyl sites for hydroxylation is 1. The Morgan fingerprint density at radius 1 is 1.37 bits per heavy atom. The molecule has 0 aliphatic rings. The van der Waals surface area contributed by atoms with Crippen LogP contribution in [0.5, 0.6) is 0 Å². The summed E-state index contributed by atoms with van der Waals surface area (Å²) in [6, 6.07) is 0. The van der Waals surface area contributed by atoms with E-state index < -0.39 is 0 Å². The van der Waals surface area contributed by atoms with Crippen LogP contribution in [0.15, 0.2) is 9.90 Å². The highest BCUT2D eigenvalue weighted by Crippen LogP contribution is 2.32. The molecular weight excluding hydrogens is 278 g/mol. The molecule has 2 aromatic heterocycles. The molecule has 0 fully saturated rings. The van der Waals surface area contributed by atoms with E-state index >= 15 is 0 Å². The lowest BCUT2D eigenvalue weighted by molar-refractivity contribution is 0.376. The van der Waals surface area contributed by atoms with Crippen molar-refractivity contribution in [2.45, 2.75) is 51.0 Å². The normalized spacial score (nSPS) is 13.7. The third-order valence-electron chi connectivity index (χ3n) is 2.67. The van der Waals surface area contributed by atoms with Gasteiger partial charge in [-0.2, -0.15) is 4.98 Å². The van der Waals surface area contributed by atoms with Crippen molar-refractivity contribution in [2.24, 2.45) is 0 Å². The maximum atomic E-state index is 5.18. The summed E-state index contributed by atoms with van der Waals surface area (Å²) in [4.78, 5) is 8.94. The Morgan fingerprint density at radius 3 is 2.63 bits per heavy atom.